The van der Waals surface area contributed by atoms with E-state index in [1.54, 1.807) is 13.1 Å². The van der Waals surface area contributed by atoms with Crippen LogP contribution in [0.15, 0.2) is 11.1 Å². The van der Waals surface area contributed by atoms with E-state index in [1.165, 1.54) is 12.8 Å². The molecule has 2 rings (SSSR count). The quantitative estimate of drug-likeness (QED) is 0.903. The maximum atomic E-state index is 12.3. The standard InChI is InChI=1S/C13H23N3O2S/c1-4-10(2)15-19(17,18)13-9-16(14-11(13)3)12-7-5-6-8-12/h9-10,12,15H,4-8H2,1-3H3. The van der Waals surface area contributed by atoms with E-state index in [4.69, 9.17) is 0 Å². The van der Waals surface area contributed by atoms with E-state index >= 15 is 0 Å². The molecular formula is C13H23N3O2S. The number of nitrogens with zero attached hydrogens (tertiary/aromatic N) is 2. The lowest BCUT2D eigenvalue weighted by Crippen LogP contribution is -2.32. The van der Waals surface area contributed by atoms with Gasteiger partial charge in [-0.1, -0.05) is 19.8 Å². The van der Waals surface area contributed by atoms with Crippen LogP contribution in [0.25, 0.3) is 0 Å². The van der Waals surface area contributed by atoms with E-state index in [0.29, 0.717) is 16.6 Å². The van der Waals surface area contributed by atoms with E-state index in [9.17, 15) is 8.42 Å². The maximum Gasteiger partial charge on any atom is 0.244 e. The summed E-state index contributed by atoms with van der Waals surface area (Å²) in [6, 6.07) is 0.311. The SMILES string of the molecule is CCC(C)NS(=O)(=O)c1cn(C2CCCC2)nc1C. The van der Waals surface area contributed by atoms with Crippen molar-refractivity contribution >= 4 is 10.0 Å². The Morgan fingerprint density at radius 1 is 1.47 bits per heavy atom. The Morgan fingerprint density at radius 3 is 2.68 bits per heavy atom. The summed E-state index contributed by atoms with van der Waals surface area (Å²) in [6.45, 7) is 5.59. The van der Waals surface area contributed by atoms with Gasteiger partial charge in [0.2, 0.25) is 10.0 Å². The molecule has 5 nitrogen and oxygen atoms in total. The number of sulfonamides is 1. The molecule has 1 aliphatic rings. The molecule has 0 bridgehead atoms. The Labute approximate surface area is 115 Å². The van der Waals surface area contributed by atoms with Crippen LogP contribution in [0.5, 0.6) is 0 Å². The first-order valence-electron chi connectivity index (χ1n) is 7.02. The number of nitrogens with one attached hydrogen (secondary N) is 1. The third-order valence-corrected chi connectivity index (χ3v) is 5.52. The van der Waals surface area contributed by atoms with Crippen molar-refractivity contribution in [1.29, 1.82) is 0 Å². The lowest BCUT2D eigenvalue weighted by Gasteiger charge is -2.11. The summed E-state index contributed by atoms with van der Waals surface area (Å²) < 4.78 is 29.1. The van der Waals surface area contributed by atoms with Crippen LogP contribution in [0.2, 0.25) is 0 Å². The van der Waals surface area contributed by atoms with Crippen molar-refractivity contribution in [3.05, 3.63) is 11.9 Å². The van der Waals surface area contributed by atoms with Crippen molar-refractivity contribution in [2.45, 2.75) is 69.9 Å². The fourth-order valence-electron chi connectivity index (χ4n) is 2.50. The van der Waals surface area contributed by atoms with Gasteiger partial charge >= 0.3 is 0 Å². The van der Waals surface area contributed by atoms with Crippen LogP contribution in [0.4, 0.5) is 0 Å². The fraction of sp³-hybridized carbons (Fsp3) is 0.769. The molecule has 0 saturated heterocycles. The normalized spacial score (nSPS) is 18.9. The zero-order chi connectivity index (χ0) is 14.0. The molecule has 0 aromatic carbocycles. The molecular weight excluding hydrogens is 262 g/mol. The van der Waals surface area contributed by atoms with E-state index in [2.05, 4.69) is 9.82 Å². The van der Waals surface area contributed by atoms with Crippen LogP contribution in [0, 0.1) is 6.92 Å². The van der Waals surface area contributed by atoms with Crippen LogP contribution in [-0.4, -0.2) is 24.2 Å². The second kappa shape index (κ2) is 5.63. The molecule has 1 unspecified atom stereocenters. The summed E-state index contributed by atoms with van der Waals surface area (Å²) in [4.78, 5) is 0.319. The van der Waals surface area contributed by atoms with Gasteiger partial charge in [0, 0.05) is 12.2 Å². The number of rotatable bonds is 5. The Hall–Kier alpha value is -0.880. The first-order valence-corrected chi connectivity index (χ1v) is 8.50. The Kier molecular flexibility index (Phi) is 4.30. The summed E-state index contributed by atoms with van der Waals surface area (Å²) in [7, 11) is -3.44. The van der Waals surface area contributed by atoms with Crippen LogP contribution < -0.4 is 4.72 Å². The lowest BCUT2D eigenvalue weighted by atomic mass is 10.3. The van der Waals surface area contributed by atoms with Crippen LogP contribution in [0.3, 0.4) is 0 Å². The summed E-state index contributed by atoms with van der Waals surface area (Å²) >= 11 is 0. The average Bonchev–Trinajstić information content (AvgIpc) is 2.96. The Balaban J connectivity index is 2.24. The zero-order valence-electron chi connectivity index (χ0n) is 11.9. The zero-order valence-corrected chi connectivity index (χ0v) is 12.7. The maximum absolute atomic E-state index is 12.3. The molecule has 1 aromatic heterocycles. The minimum Gasteiger partial charge on any atom is -0.268 e. The summed E-state index contributed by atoms with van der Waals surface area (Å²) in [5.74, 6) is 0. The third kappa shape index (κ3) is 3.17. The number of hydrogen-bond donors (Lipinski definition) is 1. The average molecular weight is 285 g/mol. The minimum absolute atomic E-state index is 0.0563. The highest BCUT2D eigenvalue weighted by molar-refractivity contribution is 7.89. The third-order valence-electron chi connectivity index (χ3n) is 3.83. The van der Waals surface area contributed by atoms with Gasteiger partial charge in [0.15, 0.2) is 0 Å². The Bertz CT molecular complexity index is 530. The van der Waals surface area contributed by atoms with Crippen molar-refractivity contribution in [2.24, 2.45) is 0 Å². The van der Waals surface area contributed by atoms with E-state index in [0.717, 1.165) is 19.3 Å². The van der Waals surface area contributed by atoms with Crippen molar-refractivity contribution < 1.29 is 8.42 Å². The molecule has 108 valence electrons. The molecule has 1 aromatic rings. The van der Waals surface area contributed by atoms with Gasteiger partial charge < -0.3 is 0 Å². The minimum atomic E-state index is -3.44. The molecule has 0 aliphatic heterocycles. The predicted molar refractivity (Wildman–Crippen MR) is 74.5 cm³/mol. The van der Waals surface area contributed by atoms with Gasteiger partial charge in [0.25, 0.3) is 0 Å². The molecule has 0 amide bonds. The molecule has 1 N–H and O–H groups in total. The lowest BCUT2D eigenvalue weighted by molar-refractivity contribution is 0.464. The van der Waals surface area contributed by atoms with Crippen LogP contribution in [-0.2, 0) is 10.0 Å². The molecule has 1 fully saturated rings. The first-order chi connectivity index (χ1) is 8.94. The van der Waals surface area contributed by atoms with Gasteiger partial charge in [0.1, 0.15) is 4.90 Å². The van der Waals surface area contributed by atoms with Crippen molar-refractivity contribution in [1.82, 2.24) is 14.5 Å². The van der Waals surface area contributed by atoms with Crippen LogP contribution in [0.1, 0.15) is 57.7 Å². The molecule has 0 spiro atoms. The molecule has 1 saturated carbocycles. The van der Waals surface area contributed by atoms with Gasteiger partial charge in [-0.15, -0.1) is 0 Å². The molecule has 6 heteroatoms. The summed E-state index contributed by atoms with van der Waals surface area (Å²) in [5.41, 5.74) is 0.586. The van der Waals surface area contributed by atoms with Crippen molar-refractivity contribution in [3.63, 3.8) is 0 Å². The largest absolute Gasteiger partial charge is 0.268 e. The highest BCUT2D eigenvalue weighted by atomic mass is 32.2. The first kappa shape index (κ1) is 14.5. The second-order valence-corrected chi connectivity index (χ2v) is 7.11. The summed E-state index contributed by atoms with van der Waals surface area (Å²) in [6.07, 6.45) is 7.07. The second-order valence-electron chi connectivity index (χ2n) is 5.43. The molecule has 1 heterocycles. The van der Waals surface area contributed by atoms with Gasteiger partial charge in [-0.3, -0.25) is 4.68 Å². The Morgan fingerprint density at radius 2 is 2.11 bits per heavy atom. The summed E-state index contributed by atoms with van der Waals surface area (Å²) in [5, 5.41) is 4.39. The molecule has 1 atom stereocenters. The van der Waals surface area contributed by atoms with Gasteiger partial charge in [-0.25, -0.2) is 13.1 Å². The van der Waals surface area contributed by atoms with E-state index < -0.39 is 10.0 Å². The van der Waals surface area contributed by atoms with Crippen molar-refractivity contribution in [2.75, 3.05) is 0 Å². The highest BCUT2D eigenvalue weighted by Gasteiger charge is 2.25. The monoisotopic (exact) mass is 285 g/mol. The molecule has 0 radical (unpaired) electrons. The molecule has 1 aliphatic carbocycles. The number of hydrogen-bond acceptors (Lipinski definition) is 3. The topological polar surface area (TPSA) is 64.0 Å². The van der Waals surface area contributed by atoms with Crippen LogP contribution >= 0.6 is 0 Å². The van der Waals surface area contributed by atoms with E-state index in [1.807, 2.05) is 18.5 Å². The van der Waals surface area contributed by atoms with Crippen molar-refractivity contribution in [3.8, 4) is 0 Å². The smallest absolute Gasteiger partial charge is 0.244 e. The number of aryl methyl sites for hydroxylation is 1. The number of aromatic nitrogens is 2. The fourth-order valence-corrected chi connectivity index (χ4v) is 4.00. The highest BCUT2D eigenvalue weighted by Crippen LogP contribution is 2.30. The van der Waals surface area contributed by atoms with E-state index in [-0.39, 0.29) is 6.04 Å². The van der Waals surface area contributed by atoms with Gasteiger partial charge in [0.05, 0.1) is 11.7 Å². The molecule has 19 heavy (non-hydrogen) atoms. The van der Waals surface area contributed by atoms with Gasteiger partial charge in [-0.05, 0) is 33.1 Å². The van der Waals surface area contributed by atoms with Gasteiger partial charge in [-0.2, -0.15) is 5.10 Å². The predicted octanol–water partition coefficient (Wildman–Crippen LogP) is 2.38.